The Morgan fingerprint density at radius 1 is 1.10 bits per heavy atom. The molecule has 2 unspecified atom stereocenters. The SMILES string of the molecule is CN1CCC(CNC2CC2)C1c1ccc(C(C)(C)C)cc1. The molecule has 21 heavy (non-hydrogen) atoms. The molecule has 1 aromatic carbocycles. The van der Waals surface area contributed by atoms with Crippen molar-refractivity contribution in [2.45, 2.75) is 57.5 Å². The third-order valence-electron chi connectivity index (χ3n) is 5.14. The fourth-order valence-corrected chi connectivity index (χ4v) is 3.55. The summed E-state index contributed by atoms with van der Waals surface area (Å²) in [5.74, 6) is 0.760. The highest BCUT2D eigenvalue weighted by molar-refractivity contribution is 5.30. The maximum absolute atomic E-state index is 3.73. The monoisotopic (exact) mass is 286 g/mol. The summed E-state index contributed by atoms with van der Waals surface area (Å²) >= 11 is 0. The summed E-state index contributed by atoms with van der Waals surface area (Å²) in [5.41, 5.74) is 3.16. The second-order valence-electron chi connectivity index (χ2n) is 8.03. The quantitative estimate of drug-likeness (QED) is 0.907. The lowest BCUT2D eigenvalue weighted by atomic mass is 9.85. The molecular formula is C19H30N2. The van der Waals surface area contributed by atoms with Gasteiger partial charge in [0.1, 0.15) is 0 Å². The van der Waals surface area contributed by atoms with Crippen molar-refractivity contribution in [1.29, 1.82) is 0 Å². The van der Waals surface area contributed by atoms with Gasteiger partial charge in [0.05, 0.1) is 0 Å². The van der Waals surface area contributed by atoms with Gasteiger partial charge < -0.3 is 5.32 Å². The summed E-state index contributed by atoms with van der Waals surface area (Å²) in [7, 11) is 2.28. The van der Waals surface area contributed by atoms with Crippen LogP contribution in [0.3, 0.4) is 0 Å². The van der Waals surface area contributed by atoms with Crippen LogP contribution < -0.4 is 5.32 Å². The molecule has 1 saturated carbocycles. The summed E-state index contributed by atoms with van der Waals surface area (Å²) in [4.78, 5) is 2.53. The number of likely N-dealkylation sites (tertiary alicyclic amines) is 1. The zero-order chi connectivity index (χ0) is 15.0. The van der Waals surface area contributed by atoms with E-state index in [-0.39, 0.29) is 5.41 Å². The van der Waals surface area contributed by atoms with Crippen molar-refractivity contribution in [3.8, 4) is 0 Å². The average Bonchev–Trinajstić information content (AvgIpc) is 3.19. The number of hydrogen-bond acceptors (Lipinski definition) is 2. The predicted molar refractivity (Wildman–Crippen MR) is 89.6 cm³/mol. The molecule has 1 aliphatic heterocycles. The van der Waals surface area contributed by atoms with Gasteiger partial charge in [-0.05, 0) is 55.3 Å². The Kier molecular flexibility index (Phi) is 4.11. The molecule has 0 bridgehead atoms. The van der Waals surface area contributed by atoms with E-state index in [0.717, 1.165) is 12.0 Å². The summed E-state index contributed by atoms with van der Waals surface area (Å²) < 4.78 is 0. The Hall–Kier alpha value is -0.860. The van der Waals surface area contributed by atoms with Crippen LogP contribution in [-0.2, 0) is 5.41 Å². The minimum absolute atomic E-state index is 0.243. The molecule has 2 aliphatic rings. The largest absolute Gasteiger partial charge is 0.314 e. The Bertz CT molecular complexity index is 467. The molecule has 0 radical (unpaired) electrons. The highest BCUT2D eigenvalue weighted by Crippen LogP contribution is 2.37. The van der Waals surface area contributed by atoms with E-state index < -0.39 is 0 Å². The van der Waals surface area contributed by atoms with Gasteiger partial charge in [0, 0.05) is 18.6 Å². The number of nitrogens with zero attached hydrogens (tertiary/aromatic N) is 1. The van der Waals surface area contributed by atoms with Gasteiger partial charge in [-0.1, -0.05) is 45.0 Å². The van der Waals surface area contributed by atoms with Gasteiger partial charge in [-0.3, -0.25) is 4.90 Å². The maximum atomic E-state index is 3.73. The Labute approximate surface area is 129 Å². The van der Waals surface area contributed by atoms with Crippen LogP contribution in [0.15, 0.2) is 24.3 Å². The topological polar surface area (TPSA) is 15.3 Å². The first kappa shape index (κ1) is 15.1. The van der Waals surface area contributed by atoms with E-state index in [1.165, 1.54) is 43.5 Å². The average molecular weight is 286 g/mol. The Morgan fingerprint density at radius 3 is 2.33 bits per heavy atom. The van der Waals surface area contributed by atoms with Gasteiger partial charge in [-0.15, -0.1) is 0 Å². The molecule has 2 fully saturated rings. The van der Waals surface area contributed by atoms with Crippen molar-refractivity contribution in [1.82, 2.24) is 10.2 Å². The number of hydrogen-bond donors (Lipinski definition) is 1. The number of benzene rings is 1. The van der Waals surface area contributed by atoms with Gasteiger partial charge in [-0.25, -0.2) is 0 Å². The highest BCUT2D eigenvalue weighted by Gasteiger charge is 2.34. The third kappa shape index (κ3) is 3.49. The first-order valence-electron chi connectivity index (χ1n) is 8.49. The van der Waals surface area contributed by atoms with E-state index in [2.05, 4.69) is 62.3 Å². The van der Waals surface area contributed by atoms with Crippen molar-refractivity contribution in [2.24, 2.45) is 5.92 Å². The van der Waals surface area contributed by atoms with Gasteiger partial charge >= 0.3 is 0 Å². The second kappa shape index (κ2) is 5.73. The lowest BCUT2D eigenvalue weighted by Crippen LogP contribution is -2.29. The molecule has 1 saturated heterocycles. The summed E-state index contributed by atoms with van der Waals surface area (Å²) in [5, 5.41) is 3.73. The van der Waals surface area contributed by atoms with Crippen LogP contribution in [0.4, 0.5) is 0 Å². The van der Waals surface area contributed by atoms with Crippen LogP contribution in [-0.4, -0.2) is 31.1 Å². The number of rotatable bonds is 4. The van der Waals surface area contributed by atoms with E-state index in [4.69, 9.17) is 0 Å². The molecule has 1 heterocycles. The van der Waals surface area contributed by atoms with Gasteiger partial charge in [-0.2, -0.15) is 0 Å². The summed E-state index contributed by atoms with van der Waals surface area (Å²) in [6.45, 7) is 9.26. The lowest BCUT2D eigenvalue weighted by molar-refractivity contribution is 0.271. The second-order valence-corrected chi connectivity index (χ2v) is 8.03. The van der Waals surface area contributed by atoms with Crippen LogP contribution >= 0.6 is 0 Å². The van der Waals surface area contributed by atoms with Crippen molar-refractivity contribution in [2.75, 3.05) is 20.1 Å². The first-order chi connectivity index (χ1) is 9.95. The lowest BCUT2D eigenvalue weighted by Gasteiger charge is -2.27. The highest BCUT2D eigenvalue weighted by atomic mass is 15.2. The molecule has 116 valence electrons. The first-order valence-corrected chi connectivity index (χ1v) is 8.49. The van der Waals surface area contributed by atoms with E-state index in [0.29, 0.717) is 6.04 Å². The minimum Gasteiger partial charge on any atom is -0.314 e. The van der Waals surface area contributed by atoms with E-state index in [1.54, 1.807) is 0 Å². The van der Waals surface area contributed by atoms with Gasteiger partial charge in [0.2, 0.25) is 0 Å². The molecule has 0 amide bonds. The molecule has 0 aromatic heterocycles. The van der Waals surface area contributed by atoms with E-state index in [9.17, 15) is 0 Å². The standard InChI is InChI=1S/C19H30N2/c1-19(2,3)16-7-5-14(6-8-16)18-15(11-12-21(18)4)13-20-17-9-10-17/h5-8,15,17-18,20H,9-13H2,1-4H3. The van der Waals surface area contributed by atoms with Crippen molar-refractivity contribution < 1.29 is 0 Å². The summed E-state index contributed by atoms with van der Waals surface area (Å²) in [6, 6.07) is 10.8. The number of nitrogens with one attached hydrogen (secondary N) is 1. The maximum Gasteiger partial charge on any atom is 0.0385 e. The molecule has 1 N–H and O–H groups in total. The summed E-state index contributed by atoms with van der Waals surface area (Å²) in [6.07, 6.45) is 4.09. The van der Waals surface area contributed by atoms with Crippen LogP contribution in [0, 0.1) is 5.92 Å². The molecule has 2 heteroatoms. The Morgan fingerprint density at radius 2 is 1.76 bits per heavy atom. The molecule has 3 rings (SSSR count). The molecule has 2 nitrogen and oxygen atoms in total. The van der Waals surface area contributed by atoms with Crippen LogP contribution in [0.2, 0.25) is 0 Å². The molecule has 1 aliphatic carbocycles. The zero-order valence-electron chi connectivity index (χ0n) is 14.0. The van der Waals surface area contributed by atoms with Crippen molar-refractivity contribution >= 4 is 0 Å². The zero-order valence-corrected chi connectivity index (χ0v) is 14.0. The molecule has 1 aromatic rings. The minimum atomic E-state index is 0.243. The smallest absolute Gasteiger partial charge is 0.0385 e. The van der Waals surface area contributed by atoms with Gasteiger partial charge in [0.25, 0.3) is 0 Å². The molecule has 2 atom stereocenters. The predicted octanol–water partition coefficient (Wildman–Crippen LogP) is 3.73. The Balaban J connectivity index is 1.72. The fraction of sp³-hybridized carbons (Fsp3) is 0.684. The normalized spacial score (nSPS) is 27.2. The van der Waals surface area contributed by atoms with Crippen LogP contribution in [0.5, 0.6) is 0 Å². The molecule has 0 spiro atoms. The third-order valence-corrected chi connectivity index (χ3v) is 5.14. The van der Waals surface area contributed by atoms with E-state index >= 15 is 0 Å². The molecular weight excluding hydrogens is 256 g/mol. The van der Waals surface area contributed by atoms with Gasteiger partial charge in [0.15, 0.2) is 0 Å². The van der Waals surface area contributed by atoms with Crippen molar-refractivity contribution in [3.05, 3.63) is 35.4 Å². The van der Waals surface area contributed by atoms with E-state index in [1.807, 2.05) is 0 Å². The van der Waals surface area contributed by atoms with Crippen LogP contribution in [0.1, 0.15) is 57.2 Å². The van der Waals surface area contributed by atoms with Crippen molar-refractivity contribution in [3.63, 3.8) is 0 Å². The van der Waals surface area contributed by atoms with Crippen LogP contribution in [0.25, 0.3) is 0 Å². The fourth-order valence-electron chi connectivity index (χ4n) is 3.55.